The second-order valence-corrected chi connectivity index (χ2v) is 5.60. The van der Waals surface area contributed by atoms with Gasteiger partial charge in [-0.05, 0) is 51.3 Å². The summed E-state index contributed by atoms with van der Waals surface area (Å²) in [6.45, 7) is 7.53. The maximum Gasteiger partial charge on any atom is 0.319 e. The number of carboxylic acids is 1. The van der Waals surface area contributed by atoms with Crippen molar-refractivity contribution in [3.63, 3.8) is 0 Å². The van der Waals surface area contributed by atoms with E-state index in [0.717, 1.165) is 16.8 Å². The number of aliphatic carboxylic acids is 1. The minimum atomic E-state index is -0.866. The van der Waals surface area contributed by atoms with Crippen LogP contribution in [0.1, 0.15) is 37.8 Å². The average Bonchev–Trinajstić information content (AvgIpc) is 2.32. The Kier molecular flexibility index (Phi) is 5.13. The van der Waals surface area contributed by atoms with Crippen molar-refractivity contribution >= 4 is 17.7 Å². The Balaban J connectivity index is 2.63. The molecule has 0 unspecified atom stereocenters. The van der Waals surface area contributed by atoms with Crippen molar-refractivity contribution in [2.75, 3.05) is 5.32 Å². The third-order valence-corrected chi connectivity index (χ3v) is 3.27. The second-order valence-electron chi connectivity index (χ2n) is 5.60. The highest BCUT2D eigenvalue weighted by molar-refractivity contribution is 5.90. The van der Waals surface area contributed by atoms with E-state index in [1.807, 2.05) is 32.0 Å². The molecule has 0 bridgehead atoms. The maximum absolute atomic E-state index is 12.0. The zero-order valence-electron chi connectivity index (χ0n) is 12.4. The fraction of sp³-hybridized carbons (Fsp3) is 0.467. The van der Waals surface area contributed by atoms with E-state index in [2.05, 4.69) is 10.6 Å². The molecule has 0 atom stereocenters. The molecule has 0 radical (unpaired) electrons. The molecule has 0 saturated heterocycles. The van der Waals surface area contributed by atoms with Crippen molar-refractivity contribution in [2.45, 2.75) is 46.1 Å². The Bertz CT molecular complexity index is 510. The highest BCUT2D eigenvalue weighted by Gasteiger charge is 2.21. The summed E-state index contributed by atoms with van der Waals surface area (Å²) in [6, 6.07) is 5.38. The van der Waals surface area contributed by atoms with Crippen molar-refractivity contribution in [1.29, 1.82) is 0 Å². The lowest BCUT2D eigenvalue weighted by Crippen LogP contribution is -2.45. The van der Waals surface area contributed by atoms with Crippen molar-refractivity contribution in [3.05, 3.63) is 29.3 Å². The molecule has 0 aliphatic heterocycles. The van der Waals surface area contributed by atoms with Gasteiger partial charge in [0.05, 0.1) is 0 Å². The van der Waals surface area contributed by atoms with E-state index in [-0.39, 0.29) is 12.5 Å². The van der Waals surface area contributed by atoms with Gasteiger partial charge < -0.3 is 15.7 Å². The number of anilines is 1. The van der Waals surface area contributed by atoms with Crippen molar-refractivity contribution in [2.24, 2.45) is 0 Å². The first-order valence-electron chi connectivity index (χ1n) is 6.58. The molecular formula is C15H22N2O3. The van der Waals surface area contributed by atoms with Gasteiger partial charge in [-0.25, -0.2) is 4.79 Å². The smallest absolute Gasteiger partial charge is 0.319 e. The highest BCUT2D eigenvalue weighted by Crippen LogP contribution is 2.18. The predicted octanol–water partition coefficient (Wildman–Crippen LogP) is 3.07. The van der Waals surface area contributed by atoms with Crippen LogP contribution < -0.4 is 10.6 Å². The molecule has 1 aromatic carbocycles. The number of amides is 2. The molecule has 1 aromatic rings. The van der Waals surface area contributed by atoms with Crippen LogP contribution in [-0.2, 0) is 4.79 Å². The van der Waals surface area contributed by atoms with Crippen LogP contribution in [0.4, 0.5) is 10.5 Å². The van der Waals surface area contributed by atoms with Gasteiger partial charge in [-0.1, -0.05) is 12.1 Å². The molecule has 0 saturated carbocycles. The Labute approximate surface area is 119 Å². The minimum Gasteiger partial charge on any atom is -0.481 e. The van der Waals surface area contributed by atoms with Gasteiger partial charge >= 0.3 is 12.0 Å². The van der Waals surface area contributed by atoms with E-state index in [1.54, 1.807) is 13.8 Å². The molecule has 0 fully saturated rings. The highest BCUT2D eigenvalue weighted by atomic mass is 16.4. The number of benzene rings is 1. The normalized spacial score (nSPS) is 11.0. The molecule has 0 aromatic heterocycles. The van der Waals surface area contributed by atoms with Crippen LogP contribution >= 0.6 is 0 Å². The molecule has 3 N–H and O–H groups in total. The first-order valence-corrected chi connectivity index (χ1v) is 6.58. The third kappa shape index (κ3) is 4.91. The number of carbonyl (C=O) groups excluding carboxylic acids is 1. The number of aryl methyl sites for hydroxylation is 1. The van der Waals surface area contributed by atoms with Gasteiger partial charge in [0.25, 0.3) is 0 Å². The molecule has 0 spiro atoms. The second kappa shape index (κ2) is 6.41. The number of hydrogen-bond acceptors (Lipinski definition) is 2. The molecule has 20 heavy (non-hydrogen) atoms. The third-order valence-electron chi connectivity index (χ3n) is 3.27. The van der Waals surface area contributed by atoms with E-state index in [9.17, 15) is 9.59 Å². The summed E-state index contributed by atoms with van der Waals surface area (Å²) in [5.74, 6) is -0.866. The van der Waals surface area contributed by atoms with E-state index in [0.29, 0.717) is 6.42 Å². The SMILES string of the molecule is Cc1cccc(NC(=O)NC(C)(C)CCC(=O)O)c1C. The lowest BCUT2D eigenvalue weighted by atomic mass is 9.99. The van der Waals surface area contributed by atoms with Crippen LogP contribution in [0.2, 0.25) is 0 Å². The lowest BCUT2D eigenvalue weighted by Gasteiger charge is -2.26. The Hall–Kier alpha value is -2.04. The number of carbonyl (C=O) groups is 2. The van der Waals surface area contributed by atoms with Crippen molar-refractivity contribution < 1.29 is 14.7 Å². The van der Waals surface area contributed by atoms with Crippen LogP contribution in [0.5, 0.6) is 0 Å². The van der Waals surface area contributed by atoms with Gasteiger partial charge in [0, 0.05) is 17.6 Å². The predicted molar refractivity (Wildman–Crippen MR) is 79.0 cm³/mol. The van der Waals surface area contributed by atoms with Gasteiger partial charge in [0.15, 0.2) is 0 Å². The number of hydrogen-bond donors (Lipinski definition) is 3. The van der Waals surface area contributed by atoms with Gasteiger partial charge in [-0.2, -0.15) is 0 Å². The van der Waals surface area contributed by atoms with Gasteiger partial charge in [0.1, 0.15) is 0 Å². The minimum absolute atomic E-state index is 0.0246. The largest absolute Gasteiger partial charge is 0.481 e. The van der Waals surface area contributed by atoms with Gasteiger partial charge in [-0.15, -0.1) is 0 Å². The van der Waals surface area contributed by atoms with E-state index < -0.39 is 11.5 Å². The Morgan fingerprint density at radius 3 is 2.50 bits per heavy atom. The van der Waals surface area contributed by atoms with Crippen molar-refractivity contribution in [3.8, 4) is 0 Å². The summed E-state index contributed by atoms with van der Waals surface area (Å²) in [6.07, 6.45) is 0.402. The molecular weight excluding hydrogens is 256 g/mol. The maximum atomic E-state index is 12.0. The van der Waals surface area contributed by atoms with Crippen LogP contribution in [0.15, 0.2) is 18.2 Å². The Morgan fingerprint density at radius 1 is 1.25 bits per heavy atom. The van der Waals surface area contributed by atoms with Gasteiger partial charge in [0.2, 0.25) is 0 Å². The molecule has 5 heteroatoms. The molecule has 110 valence electrons. The standard InChI is InChI=1S/C15H22N2O3/c1-10-6-5-7-12(11(10)2)16-14(20)17-15(3,4)9-8-13(18)19/h5-7H,8-9H2,1-4H3,(H,18,19)(H2,16,17,20). The summed E-state index contributed by atoms with van der Waals surface area (Å²) in [5, 5.41) is 14.3. The number of urea groups is 1. The average molecular weight is 278 g/mol. The van der Waals surface area contributed by atoms with Crippen LogP contribution in [0.25, 0.3) is 0 Å². The van der Waals surface area contributed by atoms with E-state index in [4.69, 9.17) is 5.11 Å². The Morgan fingerprint density at radius 2 is 1.90 bits per heavy atom. The molecule has 0 aliphatic carbocycles. The summed E-state index contributed by atoms with van der Waals surface area (Å²) in [7, 11) is 0. The van der Waals surface area contributed by atoms with Crippen molar-refractivity contribution in [1.82, 2.24) is 5.32 Å². The number of nitrogens with one attached hydrogen (secondary N) is 2. The summed E-state index contributed by atoms with van der Waals surface area (Å²) >= 11 is 0. The fourth-order valence-corrected chi connectivity index (χ4v) is 1.83. The summed E-state index contributed by atoms with van der Waals surface area (Å²) < 4.78 is 0. The fourth-order valence-electron chi connectivity index (χ4n) is 1.83. The topological polar surface area (TPSA) is 78.4 Å². The number of carboxylic acid groups (broad SMARTS) is 1. The van der Waals surface area contributed by atoms with E-state index in [1.165, 1.54) is 0 Å². The zero-order valence-corrected chi connectivity index (χ0v) is 12.4. The summed E-state index contributed by atoms with van der Waals surface area (Å²) in [4.78, 5) is 22.5. The zero-order chi connectivity index (χ0) is 15.3. The number of rotatable bonds is 5. The van der Waals surface area contributed by atoms with E-state index >= 15 is 0 Å². The first-order chi connectivity index (χ1) is 9.21. The molecule has 1 rings (SSSR count). The van der Waals surface area contributed by atoms with Crippen LogP contribution in [0, 0.1) is 13.8 Å². The first kappa shape index (κ1) is 16.0. The van der Waals surface area contributed by atoms with Crippen LogP contribution in [-0.4, -0.2) is 22.6 Å². The lowest BCUT2D eigenvalue weighted by molar-refractivity contribution is -0.137. The molecule has 0 aliphatic rings. The molecule has 2 amide bonds. The molecule has 0 heterocycles. The van der Waals surface area contributed by atoms with Gasteiger partial charge in [-0.3, -0.25) is 4.79 Å². The molecule has 5 nitrogen and oxygen atoms in total. The summed E-state index contributed by atoms with van der Waals surface area (Å²) in [5.41, 5.74) is 2.32. The quantitative estimate of drug-likeness (QED) is 0.774. The van der Waals surface area contributed by atoms with Crippen LogP contribution in [0.3, 0.4) is 0 Å². The monoisotopic (exact) mass is 278 g/mol.